The third-order valence-electron chi connectivity index (χ3n) is 3.70. The van der Waals surface area contributed by atoms with Crippen molar-refractivity contribution < 1.29 is 23.8 Å². The molecule has 3 aromatic rings. The second kappa shape index (κ2) is 7.92. The first kappa shape index (κ1) is 18.5. The fourth-order valence-corrected chi connectivity index (χ4v) is 2.52. The van der Waals surface area contributed by atoms with E-state index < -0.39 is 18.4 Å². The van der Waals surface area contributed by atoms with Gasteiger partial charge in [-0.25, -0.2) is 0 Å². The van der Waals surface area contributed by atoms with E-state index in [9.17, 15) is 19.5 Å². The van der Waals surface area contributed by atoms with Crippen molar-refractivity contribution in [1.29, 1.82) is 0 Å². The summed E-state index contributed by atoms with van der Waals surface area (Å²) in [4.78, 5) is 34.4. The van der Waals surface area contributed by atoms with Crippen LogP contribution in [0.15, 0.2) is 57.9 Å². The van der Waals surface area contributed by atoms with Crippen LogP contribution in [0.25, 0.3) is 22.1 Å². The van der Waals surface area contributed by atoms with Crippen LogP contribution in [-0.2, 0) is 9.59 Å². The number of carboxylic acids is 1. The number of ether oxygens (including phenoxy) is 1. The lowest BCUT2D eigenvalue weighted by Crippen LogP contribution is -2.39. The third kappa shape index (κ3) is 4.45. The zero-order valence-corrected chi connectivity index (χ0v) is 14.6. The number of nitrogens with one attached hydrogen (secondary N) is 1. The number of fused-ring (bicyclic) bond motifs is 1. The fraction of sp³-hybridized carbons (Fsp3) is 0.105. The second-order valence-corrected chi connectivity index (χ2v) is 6.02. The Kier molecular flexibility index (Phi) is 5.42. The average Bonchev–Trinajstić information content (AvgIpc) is 2.66. The number of aliphatic carboxylic acids is 1. The predicted molar refractivity (Wildman–Crippen MR) is 96.4 cm³/mol. The number of carbonyl (C=O) groups excluding carboxylic acids is 2. The molecule has 0 saturated heterocycles. The number of hydrogen-bond donors (Lipinski definition) is 1. The molecule has 0 aliphatic heterocycles. The molecule has 1 amide bonds. The highest BCUT2D eigenvalue weighted by atomic mass is 35.5. The molecule has 2 aromatic carbocycles. The first-order chi connectivity index (χ1) is 12.9. The van der Waals surface area contributed by atoms with E-state index in [-0.39, 0.29) is 12.0 Å². The van der Waals surface area contributed by atoms with E-state index in [0.29, 0.717) is 32.9 Å². The Morgan fingerprint density at radius 1 is 1.15 bits per heavy atom. The lowest BCUT2D eigenvalue weighted by molar-refractivity contribution is -0.304. The Labute approximate surface area is 158 Å². The smallest absolute Gasteiger partial charge is 0.258 e. The first-order valence-electron chi connectivity index (χ1n) is 7.85. The molecule has 1 heterocycles. The van der Waals surface area contributed by atoms with Gasteiger partial charge in [0.05, 0.1) is 23.5 Å². The van der Waals surface area contributed by atoms with E-state index >= 15 is 0 Å². The van der Waals surface area contributed by atoms with Gasteiger partial charge in [0.15, 0.2) is 12.0 Å². The molecule has 3 rings (SSSR count). The van der Waals surface area contributed by atoms with E-state index in [1.54, 1.807) is 24.3 Å². The highest BCUT2D eigenvalue weighted by Crippen LogP contribution is 2.24. The normalized spacial score (nSPS) is 10.6. The van der Waals surface area contributed by atoms with Gasteiger partial charge in [-0.05, 0) is 29.8 Å². The van der Waals surface area contributed by atoms with E-state index in [2.05, 4.69) is 5.32 Å². The monoisotopic (exact) mass is 386 g/mol. The number of benzene rings is 2. The summed E-state index contributed by atoms with van der Waals surface area (Å²) in [5, 5.41) is 13.3. The molecular formula is C19H13ClNO6-. The zero-order valence-electron chi connectivity index (χ0n) is 13.9. The maximum absolute atomic E-state index is 12.7. The fourth-order valence-electron chi connectivity index (χ4n) is 2.40. The second-order valence-electron chi connectivity index (χ2n) is 5.58. The summed E-state index contributed by atoms with van der Waals surface area (Å²) >= 11 is 5.86. The van der Waals surface area contributed by atoms with Crippen molar-refractivity contribution in [2.45, 2.75) is 0 Å². The summed E-state index contributed by atoms with van der Waals surface area (Å²) in [6.07, 6.45) is 1.35. The van der Waals surface area contributed by atoms with Crippen molar-refractivity contribution in [2.75, 3.05) is 13.2 Å². The molecule has 0 bridgehead atoms. The molecule has 1 aromatic heterocycles. The van der Waals surface area contributed by atoms with Crippen molar-refractivity contribution in [2.24, 2.45) is 0 Å². The van der Waals surface area contributed by atoms with Gasteiger partial charge in [-0.1, -0.05) is 23.7 Å². The zero-order chi connectivity index (χ0) is 19.4. The van der Waals surface area contributed by atoms with Crippen LogP contribution in [0.5, 0.6) is 5.75 Å². The molecule has 0 unspecified atom stereocenters. The summed E-state index contributed by atoms with van der Waals surface area (Å²) < 4.78 is 10.8. The van der Waals surface area contributed by atoms with Gasteiger partial charge in [0.1, 0.15) is 17.6 Å². The van der Waals surface area contributed by atoms with Crippen LogP contribution in [0, 0.1) is 0 Å². The molecule has 8 heteroatoms. The van der Waals surface area contributed by atoms with Gasteiger partial charge in [-0.2, -0.15) is 0 Å². The van der Waals surface area contributed by atoms with Crippen LogP contribution in [0.4, 0.5) is 0 Å². The lowest BCUT2D eigenvalue weighted by Gasteiger charge is -2.09. The van der Waals surface area contributed by atoms with Crippen LogP contribution < -0.4 is 20.6 Å². The van der Waals surface area contributed by atoms with Crippen LogP contribution >= 0.6 is 11.6 Å². The number of carbonyl (C=O) groups is 2. The molecular weight excluding hydrogens is 374 g/mol. The van der Waals surface area contributed by atoms with E-state index in [1.165, 1.54) is 24.5 Å². The van der Waals surface area contributed by atoms with E-state index in [4.69, 9.17) is 20.8 Å². The van der Waals surface area contributed by atoms with Crippen molar-refractivity contribution >= 4 is 34.4 Å². The van der Waals surface area contributed by atoms with Gasteiger partial charge in [-0.15, -0.1) is 0 Å². The minimum absolute atomic E-state index is 0.211. The SMILES string of the molecule is O=C([O-])CNC(=O)COc1ccc2c(=O)c(-c3ccc(Cl)cc3)coc2c1. The molecule has 0 fully saturated rings. The van der Waals surface area contributed by atoms with Gasteiger partial charge in [0, 0.05) is 11.1 Å². The number of hydrogen-bond acceptors (Lipinski definition) is 6. The van der Waals surface area contributed by atoms with Gasteiger partial charge in [0.2, 0.25) is 0 Å². The Morgan fingerprint density at radius 2 is 1.89 bits per heavy atom. The Morgan fingerprint density at radius 3 is 2.59 bits per heavy atom. The molecule has 0 aliphatic carbocycles. The number of rotatable bonds is 6. The lowest BCUT2D eigenvalue weighted by atomic mass is 10.1. The molecule has 0 atom stereocenters. The Balaban J connectivity index is 1.80. The summed E-state index contributed by atoms with van der Waals surface area (Å²) in [6.45, 7) is -0.978. The summed E-state index contributed by atoms with van der Waals surface area (Å²) in [7, 11) is 0. The maximum atomic E-state index is 12.7. The van der Waals surface area contributed by atoms with Crippen molar-refractivity contribution in [3.05, 3.63) is 64.0 Å². The molecule has 0 spiro atoms. The maximum Gasteiger partial charge on any atom is 0.258 e. The first-order valence-corrected chi connectivity index (χ1v) is 8.22. The van der Waals surface area contributed by atoms with Crippen molar-refractivity contribution in [3.63, 3.8) is 0 Å². The molecule has 27 heavy (non-hydrogen) atoms. The van der Waals surface area contributed by atoms with Crippen molar-refractivity contribution in [3.8, 4) is 16.9 Å². The minimum atomic E-state index is -1.40. The summed E-state index contributed by atoms with van der Waals surface area (Å²) in [5.74, 6) is -1.71. The van der Waals surface area contributed by atoms with Gasteiger partial charge >= 0.3 is 0 Å². The molecule has 138 valence electrons. The Hall–Kier alpha value is -3.32. The highest BCUT2D eigenvalue weighted by molar-refractivity contribution is 6.30. The van der Waals surface area contributed by atoms with Crippen LogP contribution in [0.3, 0.4) is 0 Å². The summed E-state index contributed by atoms with van der Waals surface area (Å²) in [6, 6.07) is 11.4. The largest absolute Gasteiger partial charge is 0.548 e. The molecule has 7 nitrogen and oxygen atoms in total. The molecule has 1 N–H and O–H groups in total. The van der Waals surface area contributed by atoms with Crippen molar-refractivity contribution in [1.82, 2.24) is 5.32 Å². The average molecular weight is 387 g/mol. The third-order valence-corrected chi connectivity index (χ3v) is 3.95. The molecule has 0 radical (unpaired) electrons. The topological polar surface area (TPSA) is 109 Å². The van der Waals surface area contributed by atoms with Gasteiger partial charge in [0.25, 0.3) is 5.91 Å². The minimum Gasteiger partial charge on any atom is -0.548 e. The Bertz CT molecular complexity index is 1060. The predicted octanol–water partition coefficient (Wildman–Crippen LogP) is 1.36. The van der Waals surface area contributed by atoms with Crippen LogP contribution in [0.1, 0.15) is 0 Å². The standard InChI is InChI=1S/C19H14ClNO6/c20-12-3-1-11(2-4-12)15-9-27-16-7-13(5-6-14(16)19(15)25)26-10-17(22)21-8-18(23)24/h1-7,9H,8,10H2,(H,21,22)(H,23,24)/p-1. The quantitative estimate of drug-likeness (QED) is 0.685. The highest BCUT2D eigenvalue weighted by Gasteiger charge is 2.11. The van der Waals surface area contributed by atoms with E-state index in [1.807, 2.05) is 0 Å². The summed E-state index contributed by atoms with van der Waals surface area (Å²) in [5.41, 5.74) is 1.16. The number of carboxylic acid groups (broad SMARTS) is 1. The van der Waals surface area contributed by atoms with E-state index in [0.717, 1.165) is 0 Å². The van der Waals surface area contributed by atoms with Gasteiger partial charge in [-0.3, -0.25) is 9.59 Å². The number of halogens is 1. The van der Waals surface area contributed by atoms with Gasteiger partial charge < -0.3 is 24.4 Å². The van der Waals surface area contributed by atoms with Crippen LogP contribution in [-0.4, -0.2) is 25.0 Å². The number of amides is 1. The molecule has 0 aliphatic rings. The van der Waals surface area contributed by atoms with Crippen LogP contribution in [0.2, 0.25) is 5.02 Å². The molecule has 0 saturated carbocycles.